The minimum absolute atomic E-state index is 0.419. The van der Waals surface area contributed by atoms with Gasteiger partial charge in [-0.2, -0.15) is 0 Å². The third-order valence-corrected chi connectivity index (χ3v) is 0.953. The van der Waals surface area contributed by atoms with Crippen molar-refractivity contribution >= 4 is 0 Å². The second-order valence-electron chi connectivity index (χ2n) is 1.66. The van der Waals surface area contributed by atoms with E-state index in [-0.39, 0.29) is 0 Å². The quantitative estimate of drug-likeness (QED) is 0.543. The molecule has 0 amide bonds. The first-order valence-electron chi connectivity index (χ1n) is 2.43. The second kappa shape index (κ2) is 3.53. The van der Waals surface area contributed by atoms with Gasteiger partial charge in [0.15, 0.2) is 0 Å². The summed E-state index contributed by atoms with van der Waals surface area (Å²) in [6, 6.07) is -0.995. The Morgan fingerprint density at radius 2 is 2.11 bits per heavy atom. The van der Waals surface area contributed by atoms with Crippen molar-refractivity contribution in [2.24, 2.45) is 5.73 Å². The number of aliphatic hydroxyl groups excluding tert-OH is 1. The maximum Gasteiger partial charge on any atom is 0.261 e. The summed E-state index contributed by atoms with van der Waals surface area (Å²) in [5, 5.41) is 8.23. The Kier molecular flexibility index (Phi) is 3.34. The summed E-state index contributed by atoms with van der Waals surface area (Å²) < 4.78 is 23.2. The third-order valence-electron chi connectivity index (χ3n) is 0.953. The standard InChI is InChI=1S/C5H9F2NO/c1-3(5(6)7)4(8)2-9/h4-5,9H,1-2,8H2. The Morgan fingerprint density at radius 3 is 2.22 bits per heavy atom. The molecule has 0 aromatic rings. The molecule has 0 aliphatic heterocycles. The largest absolute Gasteiger partial charge is 0.394 e. The number of hydrogen-bond donors (Lipinski definition) is 2. The highest BCUT2D eigenvalue weighted by atomic mass is 19.3. The zero-order chi connectivity index (χ0) is 7.44. The normalized spacial score (nSPS) is 13.9. The molecule has 0 saturated carbocycles. The van der Waals surface area contributed by atoms with E-state index >= 15 is 0 Å². The Labute approximate surface area is 52.0 Å². The smallest absolute Gasteiger partial charge is 0.261 e. The molecule has 0 aliphatic rings. The number of rotatable bonds is 3. The van der Waals surface area contributed by atoms with Crippen LogP contribution in [0.5, 0.6) is 0 Å². The van der Waals surface area contributed by atoms with Crippen molar-refractivity contribution in [3.05, 3.63) is 12.2 Å². The predicted molar refractivity (Wildman–Crippen MR) is 30.2 cm³/mol. The molecule has 0 saturated heterocycles. The topological polar surface area (TPSA) is 46.2 Å². The minimum Gasteiger partial charge on any atom is -0.394 e. The van der Waals surface area contributed by atoms with Crippen LogP contribution in [0.1, 0.15) is 0 Å². The van der Waals surface area contributed by atoms with E-state index in [0.717, 1.165) is 0 Å². The zero-order valence-corrected chi connectivity index (χ0v) is 4.85. The molecule has 0 aliphatic carbocycles. The molecule has 3 N–H and O–H groups in total. The van der Waals surface area contributed by atoms with Gasteiger partial charge in [-0.25, -0.2) is 8.78 Å². The van der Waals surface area contributed by atoms with Crippen LogP contribution >= 0.6 is 0 Å². The monoisotopic (exact) mass is 137 g/mol. The number of nitrogens with two attached hydrogens (primary N) is 1. The molecule has 1 unspecified atom stereocenters. The van der Waals surface area contributed by atoms with Crippen molar-refractivity contribution < 1.29 is 13.9 Å². The lowest BCUT2D eigenvalue weighted by atomic mass is 10.1. The summed E-state index contributed by atoms with van der Waals surface area (Å²) >= 11 is 0. The highest BCUT2D eigenvalue weighted by Gasteiger charge is 2.14. The van der Waals surface area contributed by atoms with Crippen LogP contribution < -0.4 is 5.73 Å². The molecule has 9 heavy (non-hydrogen) atoms. The first-order valence-corrected chi connectivity index (χ1v) is 2.43. The maximum atomic E-state index is 11.6. The van der Waals surface area contributed by atoms with Crippen molar-refractivity contribution in [3.63, 3.8) is 0 Å². The lowest BCUT2D eigenvalue weighted by Gasteiger charge is -2.09. The van der Waals surface area contributed by atoms with E-state index in [1.54, 1.807) is 0 Å². The highest BCUT2D eigenvalue weighted by molar-refractivity contribution is 5.06. The Bertz CT molecular complexity index is 105. The molecule has 0 heterocycles. The molecule has 4 heteroatoms. The van der Waals surface area contributed by atoms with Crippen LogP contribution in [0.4, 0.5) is 8.78 Å². The van der Waals surface area contributed by atoms with Crippen LogP contribution in [-0.4, -0.2) is 24.2 Å². The summed E-state index contributed by atoms with van der Waals surface area (Å²) in [5.41, 5.74) is 4.57. The zero-order valence-electron chi connectivity index (χ0n) is 4.85. The van der Waals surface area contributed by atoms with Gasteiger partial charge in [-0.1, -0.05) is 6.58 Å². The molecule has 2 nitrogen and oxygen atoms in total. The molecule has 0 fully saturated rings. The molecule has 0 spiro atoms. The number of halogens is 2. The SMILES string of the molecule is C=C(C(F)F)C(N)CO. The van der Waals surface area contributed by atoms with Crippen molar-refractivity contribution in [3.8, 4) is 0 Å². The van der Waals surface area contributed by atoms with E-state index in [2.05, 4.69) is 6.58 Å². The summed E-state index contributed by atoms with van der Waals surface area (Å²) in [6.07, 6.45) is -2.63. The van der Waals surface area contributed by atoms with E-state index in [1.165, 1.54) is 0 Å². The van der Waals surface area contributed by atoms with Crippen LogP contribution in [0.25, 0.3) is 0 Å². The molecular weight excluding hydrogens is 128 g/mol. The Hall–Kier alpha value is -0.480. The molecular formula is C5H9F2NO. The average molecular weight is 137 g/mol. The van der Waals surface area contributed by atoms with Crippen LogP contribution in [0.15, 0.2) is 12.2 Å². The molecule has 1 atom stereocenters. The van der Waals surface area contributed by atoms with Gasteiger partial charge in [0.2, 0.25) is 0 Å². The van der Waals surface area contributed by atoms with Crippen molar-refractivity contribution in [1.82, 2.24) is 0 Å². The van der Waals surface area contributed by atoms with Gasteiger partial charge in [0.25, 0.3) is 6.43 Å². The Balaban J connectivity index is 3.73. The minimum atomic E-state index is -2.63. The van der Waals surface area contributed by atoms with Gasteiger partial charge in [0.1, 0.15) is 0 Å². The van der Waals surface area contributed by atoms with Crippen molar-refractivity contribution in [2.75, 3.05) is 6.61 Å². The maximum absolute atomic E-state index is 11.6. The van der Waals surface area contributed by atoms with Crippen LogP contribution in [-0.2, 0) is 0 Å². The predicted octanol–water partition coefficient (Wildman–Crippen LogP) is 0.127. The summed E-state index contributed by atoms with van der Waals surface area (Å²) in [7, 11) is 0. The molecule has 0 aromatic heterocycles. The fraction of sp³-hybridized carbons (Fsp3) is 0.600. The highest BCUT2D eigenvalue weighted by Crippen LogP contribution is 2.07. The fourth-order valence-electron chi connectivity index (χ4n) is 0.279. The van der Waals surface area contributed by atoms with E-state index in [1.807, 2.05) is 0 Å². The lowest BCUT2D eigenvalue weighted by molar-refractivity contribution is 0.170. The van der Waals surface area contributed by atoms with E-state index in [9.17, 15) is 8.78 Å². The number of alkyl halides is 2. The van der Waals surface area contributed by atoms with Crippen LogP contribution in [0.2, 0.25) is 0 Å². The molecule has 0 bridgehead atoms. The number of hydrogen-bond acceptors (Lipinski definition) is 2. The van der Waals surface area contributed by atoms with Gasteiger partial charge in [0.05, 0.1) is 12.6 Å². The lowest BCUT2D eigenvalue weighted by Crippen LogP contribution is -2.29. The first-order chi connectivity index (χ1) is 4.09. The van der Waals surface area contributed by atoms with Gasteiger partial charge in [-0.3, -0.25) is 0 Å². The molecule has 54 valence electrons. The van der Waals surface area contributed by atoms with Crippen LogP contribution in [0, 0.1) is 0 Å². The molecule has 0 rings (SSSR count). The van der Waals surface area contributed by atoms with Gasteiger partial charge in [-0.15, -0.1) is 0 Å². The second-order valence-corrected chi connectivity index (χ2v) is 1.66. The van der Waals surface area contributed by atoms with E-state index < -0.39 is 24.6 Å². The van der Waals surface area contributed by atoms with Crippen LogP contribution in [0.3, 0.4) is 0 Å². The third kappa shape index (κ3) is 2.53. The van der Waals surface area contributed by atoms with Gasteiger partial charge >= 0.3 is 0 Å². The van der Waals surface area contributed by atoms with Crippen molar-refractivity contribution in [1.29, 1.82) is 0 Å². The van der Waals surface area contributed by atoms with Gasteiger partial charge in [-0.05, 0) is 0 Å². The summed E-state index contributed by atoms with van der Waals surface area (Å²) in [4.78, 5) is 0. The van der Waals surface area contributed by atoms with E-state index in [0.29, 0.717) is 0 Å². The summed E-state index contributed by atoms with van der Waals surface area (Å²) in [6.45, 7) is 2.51. The molecule has 0 radical (unpaired) electrons. The van der Waals surface area contributed by atoms with Gasteiger partial charge in [0, 0.05) is 5.57 Å². The average Bonchev–Trinajstić information content (AvgIpc) is 1.84. The van der Waals surface area contributed by atoms with E-state index in [4.69, 9.17) is 10.8 Å². The Morgan fingerprint density at radius 1 is 1.67 bits per heavy atom. The first kappa shape index (κ1) is 8.52. The van der Waals surface area contributed by atoms with Crippen molar-refractivity contribution in [2.45, 2.75) is 12.5 Å². The number of aliphatic hydroxyl groups is 1. The fourth-order valence-corrected chi connectivity index (χ4v) is 0.279. The molecule has 0 aromatic carbocycles. The van der Waals surface area contributed by atoms with Gasteiger partial charge < -0.3 is 10.8 Å². The summed E-state index contributed by atoms with van der Waals surface area (Å²) in [5.74, 6) is 0.